The van der Waals surface area contributed by atoms with E-state index in [0.29, 0.717) is 10.7 Å². The number of alkyl halides is 1. The van der Waals surface area contributed by atoms with Crippen LogP contribution in [-0.2, 0) is 0 Å². The fourth-order valence-corrected chi connectivity index (χ4v) is 2.12. The van der Waals surface area contributed by atoms with E-state index in [2.05, 4.69) is 29.8 Å². The molecule has 0 saturated carbocycles. The molecular weight excluding hydrogens is 270 g/mol. The monoisotopic (exact) mass is 285 g/mol. The van der Waals surface area contributed by atoms with Crippen LogP contribution in [0.2, 0.25) is 0 Å². The van der Waals surface area contributed by atoms with Gasteiger partial charge in [-0.15, -0.1) is 0 Å². The van der Waals surface area contributed by atoms with Crippen LogP contribution in [0.25, 0.3) is 0 Å². The van der Waals surface area contributed by atoms with Crippen LogP contribution in [0, 0.1) is 17.0 Å². The molecule has 0 aliphatic rings. The van der Waals surface area contributed by atoms with Crippen molar-refractivity contribution in [1.82, 2.24) is 0 Å². The fourth-order valence-electron chi connectivity index (χ4n) is 1.83. The molecule has 0 aliphatic carbocycles. The van der Waals surface area contributed by atoms with Crippen molar-refractivity contribution in [3.8, 4) is 0 Å². The molecule has 0 amide bonds. The van der Waals surface area contributed by atoms with E-state index in [0.717, 1.165) is 12.0 Å². The highest BCUT2D eigenvalue weighted by Crippen LogP contribution is 2.30. The van der Waals surface area contributed by atoms with Crippen LogP contribution in [-0.4, -0.2) is 9.75 Å². The molecule has 0 radical (unpaired) electrons. The molecule has 88 valence electrons. The van der Waals surface area contributed by atoms with E-state index >= 15 is 0 Å². The van der Waals surface area contributed by atoms with Crippen molar-refractivity contribution in [2.45, 2.75) is 37.9 Å². The van der Waals surface area contributed by atoms with Gasteiger partial charge in [-0.25, -0.2) is 0 Å². The maximum Gasteiger partial charge on any atom is 0.269 e. The van der Waals surface area contributed by atoms with Crippen molar-refractivity contribution in [2.75, 3.05) is 0 Å². The zero-order valence-corrected chi connectivity index (χ0v) is 11.3. The van der Waals surface area contributed by atoms with Crippen molar-refractivity contribution in [3.05, 3.63) is 39.4 Å². The summed E-state index contributed by atoms with van der Waals surface area (Å²) in [5, 5.41) is 10.6. The first-order valence-corrected chi connectivity index (χ1v) is 6.28. The molecule has 1 aromatic rings. The first-order valence-electron chi connectivity index (χ1n) is 5.36. The van der Waals surface area contributed by atoms with Crippen molar-refractivity contribution < 1.29 is 4.92 Å². The summed E-state index contributed by atoms with van der Waals surface area (Å²) in [4.78, 5) is 10.7. The number of halogens is 1. The average molecular weight is 286 g/mol. The molecule has 0 aromatic heterocycles. The topological polar surface area (TPSA) is 43.1 Å². The van der Waals surface area contributed by atoms with Gasteiger partial charge in [-0.1, -0.05) is 35.8 Å². The zero-order chi connectivity index (χ0) is 12.3. The number of non-ortho nitro benzene ring substituents is 1. The van der Waals surface area contributed by atoms with Gasteiger partial charge in [0.15, 0.2) is 0 Å². The SMILES string of the molecule is CCC(Br)C(C)c1ccc([N+](=O)[O-])cc1C. The largest absolute Gasteiger partial charge is 0.269 e. The molecule has 4 heteroatoms. The lowest BCUT2D eigenvalue weighted by atomic mass is 9.92. The second kappa shape index (κ2) is 5.43. The smallest absolute Gasteiger partial charge is 0.258 e. The van der Waals surface area contributed by atoms with Crippen LogP contribution in [0.4, 0.5) is 5.69 Å². The number of hydrogen-bond donors (Lipinski definition) is 0. The van der Waals surface area contributed by atoms with E-state index in [1.807, 2.05) is 13.0 Å². The lowest BCUT2D eigenvalue weighted by Crippen LogP contribution is -2.09. The highest BCUT2D eigenvalue weighted by molar-refractivity contribution is 9.09. The van der Waals surface area contributed by atoms with E-state index in [-0.39, 0.29) is 10.6 Å². The number of nitro groups is 1. The summed E-state index contributed by atoms with van der Waals surface area (Å²) in [6.45, 7) is 6.18. The molecule has 2 unspecified atom stereocenters. The summed E-state index contributed by atoms with van der Waals surface area (Å²) in [5.41, 5.74) is 2.32. The van der Waals surface area contributed by atoms with Crippen molar-refractivity contribution >= 4 is 21.6 Å². The molecule has 1 aromatic carbocycles. The summed E-state index contributed by atoms with van der Waals surface area (Å²) in [7, 11) is 0. The summed E-state index contributed by atoms with van der Waals surface area (Å²) < 4.78 is 0. The average Bonchev–Trinajstić information content (AvgIpc) is 2.26. The minimum absolute atomic E-state index is 0.163. The van der Waals surface area contributed by atoms with Gasteiger partial charge in [0.05, 0.1) is 4.92 Å². The Balaban J connectivity index is 3.03. The van der Waals surface area contributed by atoms with Gasteiger partial charge < -0.3 is 0 Å². The second-order valence-electron chi connectivity index (χ2n) is 4.01. The number of hydrogen-bond acceptors (Lipinski definition) is 2. The highest BCUT2D eigenvalue weighted by Gasteiger charge is 2.17. The highest BCUT2D eigenvalue weighted by atomic mass is 79.9. The van der Waals surface area contributed by atoms with Crippen LogP contribution in [0.5, 0.6) is 0 Å². The summed E-state index contributed by atoms with van der Waals surface area (Å²) in [6, 6.07) is 5.08. The fraction of sp³-hybridized carbons (Fsp3) is 0.500. The Morgan fingerprint density at radius 3 is 2.56 bits per heavy atom. The number of nitro benzene ring substituents is 1. The Morgan fingerprint density at radius 1 is 1.50 bits per heavy atom. The van der Waals surface area contributed by atoms with Crippen molar-refractivity contribution in [2.24, 2.45) is 0 Å². The molecule has 3 nitrogen and oxygen atoms in total. The second-order valence-corrected chi connectivity index (χ2v) is 5.19. The molecular formula is C12H16BrNO2. The maximum absolute atomic E-state index is 10.6. The molecule has 1 rings (SSSR count). The van der Waals surface area contributed by atoms with Crippen LogP contribution >= 0.6 is 15.9 Å². The summed E-state index contributed by atoms with van der Waals surface area (Å²) >= 11 is 3.63. The van der Waals surface area contributed by atoms with Crippen LogP contribution in [0.15, 0.2) is 18.2 Å². The minimum atomic E-state index is -0.354. The van der Waals surface area contributed by atoms with Crippen LogP contribution in [0.3, 0.4) is 0 Å². The third-order valence-corrected chi connectivity index (χ3v) is 4.33. The van der Waals surface area contributed by atoms with Gasteiger partial charge in [0, 0.05) is 17.0 Å². The lowest BCUT2D eigenvalue weighted by Gasteiger charge is -2.19. The van der Waals surface area contributed by atoms with E-state index < -0.39 is 0 Å². The third-order valence-electron chi connectivity index (χ3n) is 2.89. The maximum atomic E-state index is 10.6. The molecule has 0 spiro atoms. The summed E-state index contributed by atoms with van der Waals surface area (Å²) in [5.74, 6) is 0.366. The lowest BCUT2D eigenvalue weighted by molar-refractivity contribution is -0.384. The number of nitrogens with zero attached hydrogens (tertiary/aromatic N) is 1. The molecule has 0 saturated heterocycles. The van der Waals surface area contributed by atoms with E-state index in [1.165, 1.54) is 5.56 Å². The van der Waals surface area contributed by atoms with Gasteiger partial charge in [0.1, 0.15) is 0 Å². The standard InChI is InChI=1S/C12H16BrNO2/c1-4-12(13)9(3)11-6-5-10(14(15)16)7-8(11)2/h5-7,9,12H,4H2,1-3H3. The third kappa shape index (κ3) is 2.82. The van der Waals surface area contributed by atoms with E-state index in [1.54, 1.807) is 12.1 Å². The molecule has 0 bridgehead atoms. The van der Waals surface area contributed by atoms with Gasteiger partial charge in [-0.2, -0.15) is 0 Å². The van der Waals surface area contributed by atoms with Crippen molar-refractivity contribution in [3.63, 3.8) is 0 Å². The minimum Gasteiger partial charge on any atom is -0.258 e. The number of aryl methyl sites for hydroxylation is 1. The predicted molar refractivity (Wildman–Crippen MR) is 69.3 cm³/mol. The van der Waals surface area contributed by atoms with Crippen LogP contribution < -0.4 is 0 Å². The van der Waals surface area contributed by atoms with Gasteiger partial charge in [0.25, 0.3) is 5.69 Å². The molecule has 0 N–H and O–H groups in total. The molecule has 0 fully saturated rings. The normalized spacial score (nSPS) is 14.5. The Bertz CT molecular complexity index is 393. The van der Waals surface area contributed by atoms with Crippen LogP contribution in [0.1, 0.15) is 37.3 Å². The van der Waals surface area contributed by atoms with E-state index in [4.69, 9.17) is 0 Å². The molecule has 16 heavy (non-hydrogen) atoms. The van der Waals surface area contributed by atoms with Gasteiger partial charge in [-0.05, 0) is 30.4 Å². The molecule has 0 heterocycles. The quantitative estimate of drug-likeness (QED) is 0.473. The first kappa shape index (κ1) is 13.2. The predicted octanol–water partition coefficient (Wildman–Crippen LogP) is 4.18. The Labute approximate surface area is 104 Å². The summed E-state index contributed by atoms with van der Waals surface area (Å²) in [6.07, 6.45) is 1.04. The molecule has 2 atom stereocenters. The van der Waals surface area contributed by atoms with Gasteiger partial charge >= 0.3 is 0 Å². The Morgan fingerprint density at radius 2 is 2.12 bits per heavy atom. The Kier molecular flexibility index (Phi) is 4.47. The zero-order valence-electron chi connectivity index (χ0n) is 9.74. The van der Waals surface area contributed by atoms with Gasteiger partial charge in [-0.3, -0.25) is 10.1 Å². The first-order chi connectivity index (χ1) is 7.47. The Hall–Kier alpha value is -0.900. The molecule has 0 aliphatic heterocycles. The number of benzene rings is 1. The van der Waals surface area contributed by atoms with Gasteiger partial charge in [0.2, 0.25) is 0 Å². The van der Waals surface area contributed by atoms with Crippen molar-refractivity contribution in [1.29, 1.82) is 0 Å². The van der Waals surface area contributed by atoms with E-state index in [9.17, 15) is 10.1 Å². The number of rotatable bonds is 4.